The third-order valence-electron chi connectivity index (χ3n) is 6.27. The predicted octanol–water partition coefficient (Wildman–Crippen LogP) is 3.36. The number of carbonyl (C=O) groups excluding carboxylic acids is 1. The van der Waals surface area contributed by atoms with Gasteiger partial charge in [-0.15, -0.1) is 5.10 Å². The zero-order chi connectivity index (χ0) is 22.8. The van der Waals surface area contributed by atoms with Gasteiger partial charge in [0.25, 0.3) is 0 Å². The van der Waals surface area contributed by atoms with E-state index in [1.54, 1.807) is 12.4 Å². The first-order valence-corrected chi connectivity index (χ1v) is 11.3. The number of carbonyl (C=O) groups is 1. The van der Waals surface area contributed by atoms with E-state index in [4.69, 9.17) is 5.10 Å². The van der Waals surface area contributed by atoms with Crippen LogP contribution >= 0.6 is 0 Å². The van der Waals surface area contributed by atoms with E-state index in [1.165, 1.54) is 0 Å². The summed E-state index contributed by atoms with van der Waals surface area (Å²) in [6.07, 6.45) is 5.28. The highest BCUT2D eigenvalue weighted by Gasteiger charge is 2.29. The van der Waals surface area contributed by atoms with Crippen LogP contribution in [0.3, 0.4) is 0 Å². The lowest BCUT2D eigenvalue weighted by Gasteiger charge is -2.32. The van der Waals surface area contributed by atoms with Crippen LogP contribution in [0.15, 0.2) is 54.9 Å². The summed E-state index contributed by atoms with van der Waals surface area (Å²) in [5, 5.41) is 18.0. The fourth-order valence-corrected chi connectivity index (χ4v) is 4.56. The highest BCUT2D eigenvalue weighted by atomic mass is 16.1. The number of amides is 1. The molecular weight excluding hydrogens is 414 g/mol. The van der Waals surface area contributed by atoms with Crippen LogP contribution in [0.1, 0.15) is 29.8 Å². The molecule has 0 saturated carbocycles. The highest BCUT2D eigenvalue weighted by molar-refractivity contribution is 5.92. The van der Waals surface area contributed by atoms with Crippen molar-refractivity contribution in [2.24, 2.45) is 5.92 Å². The minimum Gasteiger partial charge on any atom is -0.352 e. The average molecular weight is 442 g/mol. The molecule has 8 nitrogen and oxygen atoms in total. The number of aromatic nitrogens is 5. The van der Waals surface area contributed by atoms with Gasteiger partial charge in [-0.2, -0.15) is 10.2 Å². The molecule has 8 heteroatoms. The monoisotopic (exact) mass is 441 g/mol. The van der Waals surface area contributed by atoms with E-state index in [0.29, 0.717) is 13.1 Å². The molecule has 1 aliphatic heterocycles. The molecule has 3 aromatic heterocycles. The summed E-state index contributed by atoms with van der Waals surface area (Å²) in [5.74, 6) is 0.704. The SMILES string of the molecule is Cc1nnc(N2CCCC(C(=O)NCc3cccnc3)C2)c2nn(-c3ccccc3)c(C)c12. The smallest absolute Gasteiger partial charge is 0.225 e. The first kappa shape index (κ1) is 21.1. The maximum absolute atomic E-state index is 12.9. The van der Waals surface area contributed by atoms with Crippen molar-refractivity contribution in [2.75, 3.05) is 18.0 Å². The number of piperidine rings is 1. The quantitative estimate of drug-likeness (QED) is 0.511. The number of aryl methyl sites for hydroxylation is 2. The molecule has 0 bridgehead atoms. The van der Waals surface area contributed by atoms with Crippen molar-refractivity contribution >= 4 is 22.6 Å². The van der Waals surface area contributed by atoms with Crippen molar-refractivity contribution in [3.05, 3.63) is 71.8 Å². The molecule has 1 aromatic carbocycles. The fraction of sp³-hybridized carbons (Fsp3) is 0.320. The van der Waals surface area contributed by atoms with Crippen molar-refractivity contribution in [2.45, 2.75) is 33.2 Å². The molecule has 5 rings (SSSR count). The maximum atomic E-state index is 12.9. The summed E-state index contributed by atoms with van der Waals surface area (Å²) in [6, 6.07) is 13.9. The largest absolute Gasteiger partial charge is 0.352 e. The average Bonchev–Trinajstić information content (AvgIpc) is 3.22. The van der Waals surface area contributed by atoms with E-state index >= 15 is 0 Å². The highest BCUT2D eigenvalue weighted by Crippen LogP contribution is 2.31. The molecule has 33 heavy (non-hydrogen) atoms. The molecule has 4 heterocycles. The Morgan fingerprint density at radius 3 is 2.76 bits per heavy atom. The third kappa shape index (κ3) is 4.16. The summed E-state index contributed by atoms with van der Waals surface area (Å²) < 4.78 is 1.95. The van der Waals surface area contributed by atoms with Crippen LogP contribution in [0.25, 0.3) is 16.6 Å². The van der Waals surface area contributed by atoms with Crippen molar-refractivity contribution < 1.29 is 4.79 Å². The number of rotatable bonds is 5. The Labute approximate surface area is 192 Å². The first-order valence-electron chi connectivity index (χ1n) is 11.3. The van der Waals surface area contributed by atoms with Gasteiger partial charge in [-0.3, -0.25) is 9.78 Å². The zero-order valence-corrected chi connectivity index (χ0v) is 18.9. The van der Waals surface area contributed by atoms with Gasteiger partial charge in [0.1, 0.15) is 5.52 Å². The zero-order valence-electron chi connectivity index (χ0n) is 18.9. The van der Waals surface area contributed by atoms with Crippen LogP contribution < -0.4 is 10.2 Å². The Hall–Kier alpha value is -3.81. The van der Waals surface area contributed by atoms with E-state index in [-0.39, 0.29) is 11.8 Å². The predicted molar refractivity (Wildman–Crippen MR) is 127 cm³/mol. The number of nitrogens with one attached hydrogen (secondary N) is 1. The van der Waals surface area contributed by atoms with Gasteiger partial charge in [-0.05, 0) is 50.5 Å². The Balaban J connectivity index is 1.40. The second kappa shape index (κ2) is 8.97. The van der Waals surface area contributed by atoms with E-state index in [1.807, 2.05) is 54.1 Å². The summed E-state index contributed by atoms with van der Waals surface area (Å²) in [5.41, 5.74) is 4.72. The second-order valence-corrected chi connectivity index (χ2v) is 8.53. The number of benzene rings is 1. The van der Waals surface area contributed by atoms with Crippen LogP contribution in [0, 0.1) is 19.8 Å². The molecule has 1 N–H and O–H groups in total. The normalized spacial score (nSPS) is 16.2. The van der Waals surface area contributed by atoms with Gasteiger partial charge in [0, 0.05) is 32.0 Å². The summed E-state index contributed by atoms with van der Waals surface area (Å²) >= 11 is 0. The standard InChI is InChI=1S/C25H27N7O/c1-17-22-18(2)32(21-10-4-3-5-11-21)30-23(22)24(29-28-17)31-13-7-9-20(16-31)25(33)27-15-19-8-6-12-26-14-19/h3-6,8,10-12,14,20H,7,9,13,15-16H2,1-2H3,(H,27,33). The lowest BCUT2D eigenvalue weighted by molar-refractivity contribution is -0.125. The van der Waals surface area contributed by atoms with Gasteiger partial charge in [0.05, 0.1) is 28.4 Å². The Bertz CT molecular complexity index is 1270. The van der Waals surface area contributed by atoms with Crippen molar-refractivity contribution in [3.63, 3.8) is 0 Å². The number of anilines is 1. The summed E-state index contributed by atoms with van der Waals surface area (Å²) in [6.45, 7) is 5.94. The van der Waals surface area contributed by atoms with Gasteiger partial charge < -0.3 is 10.2 Å². The molecule has 0 radical (unpaired) electrons. The molecule has 1 amide bonds. The Morgan fingerprint density at radius 1 is 1.12 bits per heavy atom. The minimum atomic E-state index is -0.106. The van der Waals surface area contributed by atoms with Gasteiger partial charge in [0.15, 0.2) is 5.82 Å². The second-order valence-electron chi connectivity index (χ2n) is 8.53. The number of hydrogen-bond acceptors (Lipinski definition) is 6. The molecule has 0 spiro atoms. The fourth-order valence-electron chi connectivity index (χ4n) is 4.56. The van der Waals surface area contributed by atoms with E-state index < -0.39 is 0 Å². The van der Waals surface area contributed by atoms with Crippen LogP contribution in [0.5, 0.6) is 0 Å². The Kier molecular flexibility index (Phi) is 5.73. The molecule has 0 aliphatic carbocycles. The number of hydrogen-bond donors (Lipinski definition) is 1. The first-order chi connectivity index (χ1) is 16.1. The van der Waals surface area contributed by atoms with Crippen LogP contribution in [-0.4, -0.2) is 44.0 Å². The lowest BCUT2D eigenvalue weighted by Crippen LogP contribution is -2.43. The van der Waals surface area contributed by atoms with Crippen molar-refractivity contribution in [3.8, 4) is 5.69 Å². The van der Waals surface area contributed by atoms with Crippen LogP contribution in [0.2, 0.25) is 0 Å². The molecule has 4 aromatic rings. The third-order valence-corrected chi connectivity index (χ3v) is 6.27. The molecular formula is C25H27N7O. The topological polar surface area (TPSA) is 88.8 Å². The van der Waals surface area contributed by atoms with Crippen LogP contribution in [0.4, 0.5) is 5.82 Å². The maximum Gasteiger partial charge on any atom is 0.225 e. The van der Waals surface area contributed by atoms with Gasteiger partial charge in [0.2, 0.25) is 5.91 Å². The van der Waals surface area contributed by atoms with Crippen LogP contribution in [-0.2, 0) is 11.3 Å². The van der Waals surface area contributed by atoms with E-state index in [2.05, 4.69) is 32.3 Å². The molecule has 1 saturated heterocycles. The Morgan fingerprint density at radius 2 is 1.97 bits per heavy atom. The molecule has 1 atom stereocenters. The number of nitrogens with zero attached hydrogens (tertiary/aromatic N) is 6. The van der Waals surface area contributed by atoms with E-state index in [0.717, 1.165) is 58.7 Å². The molecule has 1 fully saturated rings. The van der Waals surface area contributed by atoms with Crippen molar-refractivity contribution in [1.82, 2.24) is 30.3 Å². The number of fused-ring (bicyclic) bond motifs is 1. The van der Waals surface area contributed by atoms with Gasteiger partial charge >= 0.3 is 0 Å². The summed E-state index contributed by atoms with van der Waals surface area (Å²) in [4.78, 5) is 19.2. The van der Waals surface area contributed by atoms with E-state index in [9.17, 15) is 4.79 Å². The lowest BCUT2D eigenvalue weighted by atomic mass is 9.97. The molecule has 1 aliphatic rings. The molecule has 168 valence electrons. The van der Waals surface area contributed by atoms with Gasteiger partial charge in [-0.25, -0.2) is 4.68 Å². The number of pyridine rings is 1. The van der Waals surface area contributed by atoms with Crippen molar-refractivity contribution in [1.29, 1.82) is 0 Å². The summed E-state index contributed by atoms with van der Waals surface area (Å²) in [7, 11) is 0. The number of para-hydroxylation sites is 1. The molecule has 1 unspecified atom stereocenters. The van der Waals surface area contributed by atoms with Gasteiger partial charge in [-0.1, -0.05) is 24.3 Å². The minimum absolute atomic E-state index is 0.0610.